The summed E-state index contributed by atoms with van der Waals surface area (Å²) in [5, 5.41) is 16.2. The molecule has 4 aromatic rings. The summed E-state index contributed by atoms with van der Waals surface area (Å²) in [5.41, 5.74) is 0.651. The number of benzene rings is 2. The molecule has 0 N–H and O–H groups in total. The molecule has 0 saturated carbocycles. The largest absolute Gasteiger partial charge is 0.484 e. The Morgan fingerprint density at radius 1 is 0.852 bits per heavy atom. The molecule has 27 heavy (non-hydrogen) atoms. The van der Waals surface area contributed by atoms with Gasteiger partial charge >= 0.3 is 0 Å². The lowest BCUT2D eigenvalue weighted by Gasteiger charge is -2.01. The second-order valence-corrected chi connectivity index (χ2v) is 6.29. The smallest absolute Gasteiger partial charge is 0.277 e. The van der Waals surface area contributed by atoms with E-state index in [0.29, 0.717) is 34.2 Å². The lowest BCUT2D eigenvalue weighted by Crippen LogP contribution is -1.95. The molecule has 2 aromatic carbocycles. The molecule has 0 aliphatic rings. The average Bonchev–Trinajstić information content (AvgIpc) is 3.36. The standard InChI is InChI=1S/C18H13FN4O3S/c19-13-8-6-12(7-9-13)17-22-21-16(25-17)11-27-18-23-20-15(26-18)10-24-14-4-2-1-3-5-14/h1-9H,10-11H2. The normalized spacial score (nSPS) is 10.9. The van der Waals surface area contributed by atoms with Gasteiger partial charge in [0.25, 0.3) is 11.1 Å². The van der Waals surface area contributed by atoms with Crippen molar-refractivity contribution in [2.75, 3.05) is 0 Å². The van der Waals surface area contributed by atoms with Crippen molar-refractivity contribution in [3.63, 3.8) is 0 Å². The van der Waals surface area contributed by atoms with Crippen LogP contribution in [0.5, 0.6) is 5.75 Å². The molecule has 0 spiro atoms. The topological polar surface area (TPSA) is 87.1 Å². The van der Waals surface area contributed by atoms with Gasteiger partial charge in [-0.15, -0.1) is 20.4 Å². The number of aromatic nitrogens is 4. The fourth-order valence-electron chi connectivity index (χ4n) is 2.16. The van der Waals surface area contributed by atoms with Crippen LogP contribution in [0.2, 0.25) is 0 Å². The molecular formula is C18H13FN4O3S. The highest BCUT2D eigenvalue weighted by Gasteiger charge is 2.12. The molecular weight excluding hydrogens is 371 g/mol. The molecule has 0 radical (unpaired) electrons. The molecule has 0 aliphatic heterocycles. The van der Waals surface area contributed by atoms with E-state index in [1.54, 1.807) is 12.1 Å². The minimum absolute atomic E-state index is 0.187. The Morgan fingerprint density at radius 2 is 1.63 bits per heavy atom. The van der Waals surface area contributed by atoms with E-state index in [2.05, 4.69) is 20.4 Å². The van der Waals surface area contributed by atoms with Gasteiger partial charge in [0.15, 0.2) is 6.61 Å². The molecule has 0 saturated heterocycles. The molecule has 0 atom stereocenters. The van der Waals surface area contributed by atoms with Crippen molar-refractivity contribution in [3.8, 4) is 17.2 Å². The molecule has 4 rings (SSSR count). The Bertz CT molecular complexity index is 1000. The fourth-order valence-corrected chi connectivity index (χ4v) is 2.78. The minimum atomic E-state index is -0.322. The number of halogens is 1. The highest BCUT2D eigenvalue weighted by molar-refractivity contribution is 7.98. The summed E-state index contributed by atoms with van der Waals surface area (Å²) in [4.78, 5) is 0. The third kappa shape index (κ3) is 4.50. The molecule has 136 valence electrons. The molecule has 2 aromatic heterocycles. The highest BCUT2D eigenvalue weighted by atomic mass is 32.2. The number of rotatable bonds is 7. The van der Waals surface area contributed by atoms with Gasteiger partial charge in [0.1, 0.15) is 11.6 Å². The number of hydrogen-bond donors (Lipinski definition) is 0. The van der Waals surface area contributed by atoms with E-state index in [1.807, 2.05) is 30.3 Å². The number of thioether (sulfide) groups is 1. The van der Waals surface area contributed by atoms with E-state index in [4.69, 9.17) is 13.6 Å². The number of ether oxygens (including phenoxy) is 1. The van der Waals surface area contributed by atoms with E-state index in [0.717, 1.165) is 5.75 Å². The van der Waals surface area contributed by atoms with Crippen LogP contribution in [0.25, 0.3) is 11.5 Å². The van der Waals surface area contributed by atoms with E-state index in [-0.39, 0.29) is 12.4 Å². The maximum atomic E-state index is 13.0. The van der Waals surface area contributed by atoms with Gasteiger partial charge in [-0.1, -0.05) is 30.0 Å². The first kappa shape index (κ1) is 17.2. The summed E-state index contributed by atoms with van der Waals surface area (Å²) in [5.74, 6) is 1.88. The zero-order valence-electron chi connectivity index (χ0n) is 13.9. The summed E-state index contributed by atoms with van der Waals surface area (Å²) in [7, 11) is 0. The maximum absolute atomic E-state index is 13.0. The highest BCUT2D eigenvalue weighted by Crippen LogP contribution is 2.24. The monoisotopic (exact) mass is 384 g/mol. The quantitative estimate of drug-likeness (QED) is 0.440. The third-order valence-electron chi connectivity index (χ3n) is 3.43. The Kier molecular flexibility index (Phi) is 5.10. The van der Waals surface area contributed by atoms with Crippen LogP contribution in [0.15, 0.2) is 68.7 Å². The lowest BCUT2D eigenvalue weighted by atomic mass is 10.2. The molecule has 0 aliphatic carbocycles. The predicted octanol–water partition coefficient (Wildman–Crippen LogP) is 4.13. The van der Waals surface area contributed by atoms with E-state index >= 15 is 0 Å². The van der Waals surface area contributed by atoms with Crippen molar-refractivity contribution in [2.24, 2.45) is 0 Å². The van der Waals surface area contributed by atoms with E-state index in [1.165, 1.54) is 23.9 Å². The van der Waals surface area contributed by atoms with Crippen molar-refractivity contribution >= 4 is 11.8 Å². The average molecular weight is 384 g/mol. The second kappa shape index (κ2) is 8.00. The molecule has 0 unspecified atom stereocenters. The van der Waals surface area contributed by atoms with E-state index < -0.39 is 0 Å². The number of hydrogen-bond acceptors (Lipinski definition) is 8. The first-order valence-corrected chi connectivity index (χ1v) is 8.96. The third-order valence-corrected chi connectivity index (χ3v) is 4.23. The Balaban J connectivity index is 1.32. The molecule has 0 bridgehead atoms. The summed E-state index contributed by atoms with van der Waals surface area (Å²) >= 11 is 1.27. The van der Waals surface area contributed by atoms with Crippen molar-refractivity contribution in [1.29, 1.82) is 0 Å². The van der Waals surface area contributed by atoms with Crippen molar-refractivity contribution < 1.29 is 18.0 Å². The summed E-state index contributed by atoms with van der Waals surface area (Å²) < 4.78 is 29.6. The molecule has 0 fully saturated rings. The van der Waals surface area contributed by atoms with Crippen LogP contribution in [-0.4, -0.2) is 20.4 Å². The van der Waals surface area contributed by atoms with Crippen molar-refractivity contribution in [3.05, 3.63) is 72.2 Å². The van der Waals surface area contributed by atoms with Crippen LogP contribution in [0.1, 0.15) is 11.8 Å². The zero-order chi connectivity index (χ0) is 18.5. The van der Waals surface area contributed by atoms with Gasteiger partial charge < -0.3 is 13.6 Å². The van der Waals surface area contributed by atoms with Gasteiger partial charge in [-0.25, -0.2) is 4.39 Å². The first-order chi connectivity index (χ1) is 13.3. The van der Waals surface area contributed by atoms with Crippen molar-refractivity contribution in [1.82, 2.24) is 20.4 Å². The van der Waals surface area contributed by atoms with Crippen molar-refractivity contribution in [2.45, 2.75) is 17.6 Å². The number of nitrogens with zero attached hydrogens (tertiary/aromatic N) is 4. The van der Waals surface area contributed by atoms with Gasteiger partial charge in [-0.2, -0.15) is 0 Å². The molecule has 2 heterocycles. The van der Waals surface area contributed by atoms with Crippen LogP contribution in [0.3, 0.4) is 0 Å². The van der Waals surface area contributed by atoms with Gasteiger partial charge in [-0.05, 0) is 36.4 Å². The van der Waals surface area contributed by atoms with E-state index in [9.17, 15) is 4.39 Å². The zero-order valence-corrected chi connectivity index (χ0v) is 14.7. The summed E-state index contributed by atoms with van der Waals surface area (Å²) in [6.45, 7) is 0.187. The van der Waals surface area contributed by atoms with Gasteiger partial charge in [0.05, 0.1) is 5.75 Å². The SMILES string of the molecule is Fc1ccc(-c2nnc(CSc3nnc(COc4ccccc4)o3)o2)cc1. The van der Waals surface area contributed by atoms with Gasteiger partial charge in [0.2, 0.25) is 11.8 Å². The summed E-state index contributed by atoms with van der Waals surface area (Å²) in [6.07, 6.45) is 0. The Hall–Kier alpha value is -3.20. The minimum Gasteiger partial charge on any atom is -0.484 e. The van der Waals surface area contributed by atoms with Crippen LogP contribution < -0.4 is 4.74 Å². The van der Waals surface area contributed by atoms with Crippen LogP contribution >= 0.6 is 11.8 Å². The second-order valence-electron chi connectivity index (χ2n) is 5.36. The molecule has 9 heteroatoms. The fraction of sp³-hybridized carbons (Fsp3) is 0.111. The molecule has 7 nitrogen and oxygen atoms in total. The van der Waals surface area contributed by atoms with Gasteiger partial charge in [-0.3, -0.25) is 0 Å². The van der Waals surface area contributed by atoms with Gasteiger partial charge in [0, 0.05) is 5.56 Å². The first-order valence-electron chi connectivity index (χ1n) is 7.97. The Morgan fingerprint density at radius 3 is 2.44 bits per heavy atom. The lowest BCUT2D eigenvalue weighted by molar-refractivity contribution is 0.252. The molecule has 0 amide bonds. The summed E-state index contributed by atoms with van der Waals surface area (Å²) in [6, 6.07) is 15.2. The Labute approximate surface area is 157 Å². The van der Waals surface area contributed by atoms with Crippen LogP contribution in [0.4, 0.5) is 4.39 Å². The predicted molar refractivity (Wildman–Crippen MR) is 94.3 cm³/mol. The maximum Gasteiger partial charge on any atom is 0.277 e. The van der Waals surface area contributed by atoms with Crippen LogP contribution in [0, 0.1) is 5.82 Å². The van der Waals surface area contributed by atoms with Crippen LogP contribution in [-0.2, 0) is 12.4 Å². The number of para-hydroxylation sites is 1.